The normalized spacial score (nSPS) is 18.2. The van der Waals surface area contributed by atoms with E-state index >= 15 is 0 Å². The summed E-state index contributed by atoms with van der Waals surface area (Å²) in [5, 5.41) is 2.80. The Morgan fingerprint density at radius 1 is 1.30 bits per heavy atom. The van der Waals surface area contributed by atoms with Crippen LogP contribution < -0.4 is 10.0 Å². The van der Waals surface area contributed by atoms with Crippen molar-refractivity contribution in [3.8, 4) is 11.1 Å². The van der Waals surface area contributed by atoms with Crippen molar-refractivity contribution in [1.82, 2.24) is 18.9 Å². The summed E-state index contributed by atoms with van der Waals surface area (Å²) in [6, 6.07) is 6.71. The van der Waals surface area contributed by atoms with E-state index in [2.05, 4.69) is 24.8 Å². The number of nitrogens with one attached hydrogen (secondary N) is 2. The highest BCUT2D eigenvalue weighted by molar-refractivity contribution is 7.87. The van der Waals surface area contributed by atoms with Gasteiger partial charge in [-0.2, -0.15) is 12.7 Å². The zero-order chi connectivity index (χ0) is 23.6. The number of likely N-dealkylation sites (N-methyl/N-ethyl adjacent to an activating group) is 2. The van der Waals surface area contributed by atoms with Crippen LogP contribution in [-0.2, 0) is 23.1 Å². The molecule has 4 rings (SSSR count). The molecule has 0 spiro atoms. The van der Waals surface area contributed by atoms with Gasteiger partial charge in [-0.25, -0.2) is 9.52 Å². The van der Waals surface area contributed by atoms with Crippen LogP contribution in [0.15, 0.2) is 30.5 Å². The summed E-state index contributed by atoms with van der Waals surface area (Å²) in [5.41, 5.74) is 4.19. The van der Waals surface area contributed by atoms with Gasteiger partial charge < -0.3 is 15.1 Å². The molecule has 1 unspecified atom stereocenters. The molecule has 33 heavy (non-hydrogen) atoms. The van der Waals surface area contributed by atoms with Gasteiger partial charge in [0.2, 0.25) is 0 Å². The molecule has 9 nitrogen and oxygen atoms in total. The third-order valence-electron chi connectivity index (χ3n) is 6.46. The van der Waals surface area contributed by atoms with E-state index < -0.39 is 16.2 Å². The lowest BCUT2D eigenvalue weighted by Gasteiger charge is -2.25. The Morgan fingerprint density at radius 3 is 2.85 bits per heavy atom. The molecular weight excluding hydrogens is 440 g/mol. The van der Waals surface area contributed by atoms with Crippen molar-refractivity contribution >= 4 is 27.7 Å². The Labute approximate surface area is 194 Å². The second-order valence-electron chi connectivity index (χ2n) is 8.61. The number of fused-ring (bicyclic) bond motifs is 1. The van der Waals surface area contributed by atoms with Gasteiger partial charge in [0.25, 0.3) is 5.82 Å². The maximum atomic E-state index is 12.8. The average molecular weight is 469 g/mol. The number of rotatable bonds is 6. The maximum absolute atomic E-state index is 12.8. The molecule has 1 atom stereocenters. The first-order valence-corrected chi connectivity index (χ1v) is 12.5. The number of carbonyl (C=O) groups is 1. The van der Waals surface area contributed by atoms with Crippen LogP contribution in [0.3, 0.4) is 0 Å². The number of likely N-dealkylation sites (tertiary alicyclic amines) is 1. The van der Waals surface area contributed by atoms with Crippen molar-refractivity contribution in [3.63, 3.8) is 0 Å². The van der Waals surface area contributed by atoms with Crippen molar-refractivity contribution < 1.29 is 13.2 Å². The smallest absolute Gasteiger partial charge is 0.333 e. The van der Waals surface area contributed by atoms with Gasteiger partial charge in [-0.3, -0.25) is 0 Å². The highest BCUT2D eigenvalue weighted by atomic mass is 32.2. The second kappa shape index (κ2) is 9.47. The first-order valence-electron chi connectivity index (χ1n) is 11.0. The number of pyridine rings is 1. The minimum absolute atomic E-state index is 0.141. The second-order valence-corrected chi connectivity index (χ2v) is 10.4. The molecule has 1 aliphatic carbocycles. The fourth-order valence-electron chi connectivity index (χ4n) is 4.64. The molecule has 0 saturated carbocycles. The van der Waals surface area contributed by atoms with Gasteiger partial charge in [-0.15, -0.1) is 4.98 Å². The quantitative estimate of drug-likeness (QED) is 0.635. The third kappa shape index (κ3) is 5.00. The number of aryl methyl sites for hydroxylation is 1. The van der Waals surface area contributed by atoms with Crippen LogP contribution in [0.4, 0.5) is 16.3 Å². The minimum atomic E-state index is -4.00. The predicted molar refractivity (Wildman–Crippen MR) is 127 cm³/mol. The molecule has 1 saturated heterocycles. The molecular formula is C23H28N6O3S. The Morgan fingerprint density at radius 2 is 2.12 bits per heavy atom. The van der Waals surface area contributed by atoms with E-state index in [1.807, 2.05) is 19.2 Å². The van der Waals surface area contributed by atoms with E-state index in [4.69, 9.17) is 6.57 Å². The van der Waals surface area contributed by atoms with Crippen molar-refractivity contribution in [1.29, 1.82) is 0 Å². The van der Waals surface area contributed by atoms with Gasteiger partial charge in [0, 0.05) is 25.2 Å². The summed E-state index contributed by atoms with van der Waals surface area (Å²) in [7, 11) is -0.535. The number of nitrogens with zero attached hydrogens (tertiary/aromatic N) is 4. The van der Waals surface area contributed by atoms with Crippen LogP contribution >= 0.6 is 0 Å². The minimum Gasteiger partial charge on any atom is -0.361 e. The lowest BCUT2D eigenvalue weighted by Crippen LogP contribution is -2.47. The summed E-state index contributed by atoms with van der Waals surface area (Å²) >= 11 is 0. The molecule has 2 aromatic rings. The van der Waals surface area contributed by atoms with Crippen molar-refractivity contribution in [2.75, 3.05) is 32.5 Å². The third-order valence-corrected chi connectivity index (χ3v) is 7.88. The molecule has 10 heteroatoms. The van der Waals surface area contributed by atoms with Crippen LogP contribution in [0.5, 0.6) is 0 Å². The lowest BCUT2D eigenvalue weighted by atomic mass is 9.98. The van der Waals surface area contributed by atoms with E-state index in [1.165, 1.54) is 11.4 Å². The summed E-state index contributed by atoms with van der Waals surface area (Å²) in [5.74, 6) is 0.254. The zero-order valence-corrected chi connectivity index (χ0v) is 19.7. The molecule has 2 aliphatic rings. The van der Waals surface area contributed by atoms with Crippen LogP contribution in [0, 0.1) is 6.57 Å². The zero-order valence-electron chi connectivity index (χ0n) is 18.8. The number of benzene rings is 1. The van der Waals surface area contributed by atoms with E-state index in [0.717, 1.165) is 60.9 Å². The molecule has 0 bridgehead atoms. The van der Waals surface area contributed by atoms with E-state index in [0.29, 0.717) is 12.2 Å². The number of urea groups is 1. The van der Waals surface area contributed by atoms with Gasteiger partial charge in [-0.05, 0) is 74.5 Å². The predicted octanol–water partition coefficient (Wildman–Crippen LogP) is 3.18. The van der Waals surface area contributed by atoms with Gasteiger partial charge in [0.05, 0.1) is 5.69 Å². The molecule has 1 aliphatic heterocycles. The Hall–Kier alpha value is -3.00. The standard InChI is InChI=1S/C23H28N6O3S/c1-24-21-14-17(11-12-25-21)20-10-9-16-6-4-8-19(16)22(20)26-23(30)27-33(31,32)29(3)15-18-7-5-13-28(18)2/h9-12,14,18H,4-8,13,15H2,2-3H3,(H2,26,27,30). The van der Waals surface area contributed by atoms with Gasteiger partial charge in [0.1, 0.15) is 6.20 Å². The number of anilines is 1. The molecule has 174 valence electrons. The Kier molecular flexibility index (Phi) is 6.65. The lowest BCUT2D eigenvalue weighted by molar-refractivity contribution is 0.253. The van der Waals surface area contributed by atoms with Crippen LogP contribution in [0.1, 0.15) is 30.4 Å². The maximum Gasteiger partial charge on any atom is 0.333 e. The first-order chi connectivity index (χ1) is 15.8. The first kappa shape index (κ1) is 23.2. The average Bonchev–Trinajstić information content (AvgIpc) is 3.42. The summed E-state index contributed by atoms with van der Waals surface area (Å²) in [6.07, 6.45) is 6.19. The molecule has 2 amide bonds. The van der Waals surface area contributed by atoms with Crippen molar-refractivity contribution in [3.05, 3.63) is 53.0 Å². The van der Waals surface area contributed by atoms with E-state index in [1.54, 1.807) is 18.3 Å². The Balaban J connectivity index is 1.56. The monoisotopic (exact) mass is 468 g/mol. The summed E-state index contributed by atoms with van der Waals surface area (Å²) in [4.78, 5) is 22.4. The number of carbonyl (C=O) groups excluding carboxylic acids is 1. The number of amides is 2. The summed E-state index contributed by atoms with van der Waals surface area (Å²) in [6.45, 7) is 8.50. The molecule has 1 aromatic heterocycles. The SMILES string of the molecule is [C-]#[N+]c1cc(-c2ccc3c(c2NC(=O)NS(=O)(=O)N(C)CC2CCCN2C)CCC3)ccn1. The van der Waals surface area contributed by atoms with Gasteiger partial charge >= 0.3 is 16.2 Å². The number of hydrogen-bond donors (Lipinski definition) is 2. The molecule has 2 heterocycles. The van der Waals surface area contributed by atoms with Gasteiger partial charge in [-0.1, -0.05) is 18.7 Å². The molecule has 1 fully saturated rings. The molecule has 2 N–H and O–H groups in total. The highest BCUT2D eigenvalue weighted by Gasteiger charge is 2.29. The molecule has 1 aromatic carbocycles. The summed E-state index contributed by atoms with van der Waals surface area (Å²) < 4.78 is 28.9. The van der Waals surface area contributed by atoms with Gasteiger partial charge in [0.15, 0.2) is 0 Å². The van der Waals surface area contributed by atoms with E-state index in [9.17, 15) is 13.2 Å². The number of aromatic nitrogens is 1. The van der Waals surface area contributed by atoms with Crippen LogP contribution in [-0.4, -0.2) is 61.9 Å². The van der Waals surface area contributed by atoms with Crippen LogP contribution in [0.25, 0.3) is 16.0 Å². The Bertz CT molecular complexity index is 1210. The largest absolute Gasteiger partial charge is 0.361 e. The number of hydrogen-bond acceptors (Lipinski definition) is 5. The fourth-order valence-corrected chi connectivity index (χ4v) is 5.45. The van der Waals surface area contributed by atoms with Crippen LogP contribution in [0.2, 0.25) is 0 Å². The molecule has 0 radical (unpaired) electrons. The van der Waals surface area contributed by atoms with Crippen molar-refractivity contribution in [2.45, 2.75) is 38.1 Å². The topological polar surface area (TPSA) is 99.0 Å². The van der Waals surface area contributed by atoms with E-state index in [-0.39, 0.29) is 11.9 Å². The van der Waals surface area contributed by atoms with Crippen molar-refractivity contribution in [2.24, 2.45) is 0 Å². The fraction of sp³-hybridized carbons (Fsp3) is 0.435. The highest BCUT2D eigenvalue weighted by Crippen LogP contribution is 2.38.